The zero-order valence-corrected chi connectivity index (χ0v) is 27.1. The highest BCUT2D eigenvalue weighted by Gasteiger charge is 2.47. The number of ether oxygens (including phenoxy) is 3. The van der Waals surface area contributed by atoms with Crippen molar-refractivity contribution in [2.24, 2.45) is 5.41 Å². The highest BCUT2D eigenvalue weighted by Crippen LogP contribution is 2.48. The molecule has 12 heteroatoms. The van der Waals surface area contributed by atoms with Crippen LogP contribution >= 0.6 is 11.6 Å². The number of hydrogen-bond acceptors (Lipinski definition) is 10. The second kappa shape index (κ2) is 11.9. The van der Waals surface area contributed by atoms with Crippen LogP contribution in [0.25, 0.3) is 32.9 Å². The molecule has 2 saturated heterocycles. The molecule has 0 spiro atoms. The molecule has 0 amide bonds. The molecular weight excluding hydrogens is 613 g/mol. The van der Waals surface area contributed by atoms with Crippen LogP contribution in [0.3, 0.4) is 0 Å². The minimum atomic E-state index is -1.19. The molecule has 2 aromatic carbocycles. The molecule has 2 aromatic heterocycles. The van der Waals surface area contributed by atoms with Crippen LogP contribution in [-0.2, 0) is 4.74 Å². The van der Waals surface area contributed by atoms with Gasteiger partial charge in [0.15, 0.2) is 5.82 Å². The minimum absolute atomic E-state index is 0.0253. The topological polar surface area (TPSA) is 113 Å². The van der Waals surface area contributed by atoms with E-state index >= 15 is 4.39 Å². The van der Waals surface area contributed by atoms with E-state index in [0.29, 0.717) is 53.0 Å². The number of likely N-dealkylation sites (tertiary alicyclic amines) is 1. The van der Waals surface area contributed by atoms with Gasteiger partial charge in [0.2, 0.25) is 5.88 Å². The van der Waals surface area contributed by atoms with Crippen molar-refractivity contribution in [2.75, 3.05) is 58.5 Å². The Morgan fingerprint density at radius 2 is 1.96 bits per heavy atom. The lowest BCUT2D eigenvalue weighted by atomic mass is 9.76. The molecule has 10 nitrogen and oxygen atoms in total. The maximum atomic E-state index is 17.0. The van der Waals surface area contributed by atoms with Crippen LogP contribution < -0.4 is 14.4 Å². The smallest absolute Gasteiger partial charge is 0.319 e. The average Bonchev–Trinajstić information content (AvgIpc) is 3.38. The van der Waals surface area contributed by atoms with Crippen LogP contribution in [0.5, 0.6) is 17.6 Å². The number of phenols is 1. The van der Waals surface area contributed by atoms with E-state index in [1.165, 1.54) is 13.2 Å². The van der Waals surface area contributed by atoms with Crippen LogP contribution in [0.2, 0.25) is 5.02 Å². The Balaban J connectivity index is 1.42. The van der Waals surface area contributed by atoms with Crippen molar-refractivity contribution < 1.29 is 28.8 Å². The molecule has 2 N–H and O–H groups in total. The fourth-order valence-corrected chi connectivity index (χ4v) is 8.13. The van der Waals surface area contributed by atoms with Crippen LogP contribution in [-0.4, -0.2) is 95.3 Å². The number of phenolic OH excluding ortho intramolecular Hbond substituents is 1. The SMILES string of the molecule is COc1nc(-c2cc(O)cc3cccc(Cl)c23)c(F)c2nc(OC[C@]34CCC[C@H]3N(C)CCC4)nc(N3CCOC[C@@](C)(O)C3)c12. The summed E-state index contributed by atoms with van der Waals surface area (Å²) in [6, 6.07) is 8.72. The first-order valence-electron chi connectivity index (χ1n) is 15.8. The lowest BCUT2D eigenvalue weighted by Crippen LogP contribution is -2.50. The number of halogens is 2. The third-order valence-corrected chi connectivity index (χ3v) is 10.2. The zero-order chi connectivity index (χ0) is 32.2. The summed E-state index contributed by atoms with van der Waals surface area (Å²) in [7, 11) is 3.63. The molecule has 2 aliphatic heterocycles. The third kappa shape index (κ3) is 5.46. The second-order valence-corrected chi connectivity index (χ2v) is 13.7. The highest BCUT2D eigenvalue weighted by atomic mass is 35.5. The normalized spacial score (nSPS) is 25.5. The maximum Gasteiger partial charge on any atom is 0.319 e. The summed E-state index contributed by atoms with van der Waals surface area (Å²) < 4.78 is 34.9. The largest absolute Gasteiger partial charge is 0.508 e. The standard InChI is InChI=1S/C34H39ClFN5O5/c1-33(43)17-41(13-14-45-18-33)30-26-29(38-32(39-30)46-19-34-10-5-9-24(34)40(2)12-6-11-34)27(36)28(37-31(26)44-3)22-16-21(42)15-20-7-4-8-23(35)25(20)22/h4,7-8,15-16,24,42-43H,5-6,9-14,17-19H2,1-3H3/t24-,33+,34-/m1/s1. The lowest BCUT2D eigenvalue weighted by Gasteiger charge is -2.44. The quantitative estimate of drug-likeness (QED) is 0.274. The van der Waals surface area contributed by atoms with Gasteiger partial charge in [0.1, 0.15) is 33.8 Å². The van der Waals surface area contributed by atoms with E-state index in [1.807, 2.05) is 4.90 Å². The molecule has 7 rings (SSSR count). The number of piperidine rings is 1. The summed E-state index contributed by atoms with van der Waals surface area (Å²) in [5, 5.41) is 23.4. The number of anilines is 1. The number of pyridine rings is 1. The van der Waals surface area contributed by atoms with Gasteiger partial charge >= 0.3 is 6.01 Å². The molecule has 3 atom stereocenters. The predicted molar refractivity (Wildman–Crippen MR) is 175 cm³/mol. The summed E-state index contributed by atoms with van der Waals surface area (Å²) in [6.45, 7) is 4.21. The predicted octanol–water partition coefficient (Wildman–Crippen LogP) is 5.58. The molecule has 3 fully saturated rings. The van der Waals surface area contributed by atoms with Crippen LogP contribution in [0.4, 0.5) is 10.2 Å². The molecule has 0 unspecified atom stereocenters. The fraction of sp³-hybridized carbons (Fsp3) is 0.500. The molecular formula is C34H39ClFN5O5. The summed E-state index contributed by atoms with van der Waals surface area (Å²) in [4.78, 5) is 18.4. The van der Waals surface area contributed by atoms with Gasteiger partial charge < -0.3 is 34.2 Å². The van der Waals surface area contributed by atoms with Gasteiger partial charge in [-0.05, 0) is 69.8 Å². The highest BCUT2D eigenvalue weighted by molar-refractivity contribution is 6.36. The molecule has 4 heterocycles. The number of hydrogen-bond donors (Lipinski definition) is 2. The molecule has 0 bridgehead atoms. The van der Waals surface area contributed by atoms with Gasteiger partial charge in [-0.15, -0.1) is 0 Å². The van der Waals surface area contributed by atoms with Crippen LogP contribution in [0.15, 0.2) is 30.3 Å². The number of nitrogens with zero attached hydrogens (tertiary/aromatic N) is 5. The first-order chi connectivity index (χ1) is 22.1. The van der Waals surface area contributed by atoms with Crippen LogP contribution in [0.1, 0.15) is 39.0 Å². The summed E-state index contributed by atoms with van der Waals surface area (Å²) in [6.07, 6.45) is 5.44. The van der Waals surface area contributed by atoms with Crippen molar-refractivity contribution in [3.63, 3.8) is 0 Å². The van der Waals surface area contributed by atoms with Gasteiger partial charge in [-0.3, -0.25) is 0 Å². The van der Waals surface area contributed by atoms with E-state index < -0.39 is 11.4 Å². The van der Waals surface area contributed by atoms with Gasteiger partial charge in [-0.25, -0.2) is 9.37 Å². The van der Waals surface area contributed by atoms with Crippen molar-refractivity contribution in [3.8, 4) is 28.9 Å². The first kappa shape index (κ1) is 31.1. The Bertz CT molecular complexity index is 1810. The number of benzene rings is 2. The Kier molecular flexibility index (Phi) is 8.07. The van der Waals surface area contributed by atoms with Crippen LogP contribution in [0, 0.1) is 11.2 Å². The zero-order valence-electron chi connectivity index (χ0n) is 26.4. The summed E-state index contributed by atoms with van der Waals surface area (Å²) in [5.74, 6) is -0.374. The molecule has 3 aliphatic rings. The fourth-order valence-electron chi connectivity index (χ4n) is 7.84. The number of fused-ring (bicyclic) bond motifs is 3. The first-order valence-corrected chi connectivity index (χ1v) is 16.2. The van der Waals surface area contributed by atoms with E-state index in [-0.39, 0.29) is 52.8 Å². The van der Waals surface area contributed by atoms with E-state index in [1.54, 1.807) is 31.2 Å². The van der Waals surface area contributed by atoms with Crippen molar-refractivity contribution in [1.29, 1.82) is 0 Å². The van der Waals surface area contributed by atoms with Gasteiger partial charge in [0, 0.05) is 34.0 Å². The molecule has 1 saturated carbocycles. The van der Waals surface area contributed by atoms with Crippen molar-refractivity contribution >= 4 is 39.1 Å². The van der Waals surface area contributed by atoms with E-state index in [2.05, 4.69) is 21.9 Å². The number of β-amino-alcohol motifs (C(OH)–C–C–N with tert-alkyl or cyclic N) is 1. The second-order valence-electron chi connectivity index (χ2n) is 13.3. The van der Waals surface area contributed by atoms with Crippen molar-refractivity contribution in [1.82, 2.24) is 19.9 Å². The van der Waals surface area contributed by atoms with Gasteiger partial charge in [0.05, 0.1) is 33.5 Å². The molecule has 1 aliphatic carbocycles. The van der Waals surface area contributed by atoms with Gasteiger partial charge in [-0.2, -0.15) is 9.97 Å². The molecule has 4 aromatic rings. The minimum Gasteiger partial charge on any atom is -0.508 e. The third-order valence-electron chi connectivity index (χ3n) is 9.89. The summed E-state index contributed by atoms with van der Waals surface area (Å²) in [5.41, 5.74) is -1.04. The number of aliphatic hydroxyl groups is 1. The Labute approximate surface area is 272 Å². The number of aromatic hydroxyl groups is 1. The number of rotatable bonds is 6. The molecule has 46 heavy (non-hydrogen) atoms. The van der Waals surface area contributed by atoms with E-state index in [0.717, 1.165) is 38.6 Å². The lowest BCUT2D eigenvalue weighted by molar-refractivity contribution is -0.0123. The van der Waals surface area contributed by atoms with Crippen molar-refractivity contribution in [2.45, 2.75) is 50.7 Å². The Hall–Kier alpha value is -3.51. The summed E-state index contributed by atoms with van der Waals surface area (Å²) >= 11 is 6.62. The Morgan fingerprint density at radius 3 is 2.78 bits per heavy atom. The van der Waals surface area contributed by atoms with Gasteiger partial charge in [0.25, 0.3) is 0 Å². The molecule has 244 valence electrons. The van der Waals surface area contributed by atoms with Crippen molar-refractivity contribution in [3.05, 3.63) is 41.2 Å². The van der Waals surface area contributed by atoms with E-state index in [4.69, 9.17) is 30.8 Å². The monoisotopic (exact) mass is 651 g/mol. The average molecular weight is 652 g/mol. The number of aromatic nitrogens is 3. The number of methoxy groups -OCH3 is 1. The molecule has 0 radical (unpaired) electrons. The van der Waals surface area contributed by atoms with E-state index in [9.17, 15) is 10.2 Å². The Morgan fingerprint density at radius 1 is 1.13 bits per heavy atom. The van der Waals surface area contributed by atoms with Gasteiger partial charge in [-0.1, -0.05) is 30.2 Å². The maximum absolute atomic E-state index is 17.0.